The van der Waals surface area contributed by atoms with Gasteiger partial charge in [-0.25, -0.2) is 4.79 Å². The van der Waals surface area contributed by atoms with Gasteiger partial charge in [-0.1, -0.05) is 6.07 Å². The number of carbonyl (C=O) groups is 2. The van der Waals surface area contributed by atoms with Crippen molar-refractivity contribution in [2.75, 3.05) is 44.4 Å². The number of alkyl halides is 3. The lowest BCUT2D eigenvalue weighted by Crippen LogP contribution is -2.60. The molecule has 4 rings (SSSR count). The summed E-state index contributed by atoms with van der Waals surface area (Å²) in [6.07, 6.45) is 2.13. The number of aryl methyl sites for hydroxylation is 1. The van der Waals surface area contributed by atoms with Crippen LogP contribution in [0.2, 0.25) is 0 Å². The predicted octanol–water partition coefficient (Wildman–Crippen LogP) is 1.08. The first kappa shape index (κ1) is 24.6. The molecule has 2 saturated heterocycles. The van der Waals surface area contributed by atoms with Crippen molar-refractivity contribution in [1.29, 1.82) is 0 Å². The van der Waals surface area contributed by atoms with Gasteiger partial charge in [0.25, 0.3) is 5.91 Å². The van der Waals surface area contributed by atoms with Crippen LogP contribution in [0.1, 0.15) is 5.56 Å². The number of nitrogens with zero attached hydrogens (tertiary/aromatic N) is 5. The first-order chi connectivity index (χ1) is 15.6. The molecule has 1 N–H and O–H groups in total. The fraction of sp³-hybridized carbons (Fsp3) is 0.500. The number of amides is 1. The van der Waals surface area contributed by atoms with E-state index in [9.17, 15) is 18.0 Å². The second kappa shape index (κ2) is 10.3. The minimum atomic E-state index is -5.08. The van der Waals surface area contributed by atoms with Crippen molar-refractivity contribution in [3.63, 3.8) is 0 Å². The van der Waals surface area contributed by atoms with Gasteiger partial charge in [-0.2, -0.15) is 18.3 Å². The number of carboxylic acid groups (broad SMARTS) is 1. The summed E-state index contributed by atoms with van der Waals surface area (Å²) in [5.41, 5.74) is 1.41. The lowest BCUT2D eigenvalue weighted by atomic mass is 10.0. The maximum atomic E-state index is 12.4. The summed E-state index contributed by atoms with van der Waals surface area (Å²) < 4.78 is 45.3. The number of morpholine rings is 1. The van der Waals surface area contributed by atoms with E-state index in [0.29, 0.717) is 26.3 Å². The molecule has 0 saturated carbocycles. The molecule has 4 heterocycles. The Morgan fingerprint density at radius 3 is 2.67 bits per heavy atom. The van der Waals surface area contributed by atoms with Crippen LogP contribution in [0.4, 0.5) is 18.9 Å². The zero-order valence-electron chi connectivity index (χ0n) is 17.9. The van der Waals surface area contributed by atoms with Crippen molar-refractivity contribution in [3.8, 4) is 0 Å². The van der Waals surface area contributed by atoms with Gasteiger partial charge in [0.15, 0.2) is 0 Å². The Bertz CT molecular complexity index is 955. The van der Waals surface area contributed by atoms with Gasteiger partial charge in [0.05, 0.1) is 31.6 Å². The van der Waals surface area contributed by atoms with Crippen LogP contribution in [0.25, 0.3) is 0 Å². The predicted molar refractivity (Wildman–Crippen MR) is 108 cm³/mol. The van der Waals surface area contributed by atoms with Crippen LogP contribution in [-0.4, -0.2) is 87.9 Å². The zero-order chi connectivity index (χ0) is 24.1. The van der Waals surface area contributed by atoms with E-state index < -0.39 is 17.7 Å². The van der Waals surface area contributed by atoms with Gasteiger partial charge in [-0.15, -0.1) is 0 Å². The summed E-state index contributed by atoms with van der Waals surface area (Å²) in [7, 11) is 1.84. The molecular weight excluding hydrogens is 447 g/mol. The molecule has 33 heavy (non-hydrogen) atoms. The Labute approximate surface area is 187 Å². The second-order valence-corrected chi connectivity index (χ2v) is 7.75. The van der Waals surface area contributed by atoms with Crippen LogP contribution in [0.5, 0.6) is 0 Å². The maximum Gasteiger partial charge on any atom is 0.490 e. The molecule has 2 aromatic rings. The van der Waals surface area contributed by atoms with Crippen molar-refractivity contribution in [3.05, 3.63) is 42.5 Å². The fourth-order valence-corrected chi connectivity index (χ4v) is 3.55. The van der Waals surface area contributed by atoms with Gasteiger partial charge in [-0.05, 0) is 11.6 Å². The van der Waals surface area contributed by atoms with Crippen LogP contribution in [0.3, 0.4) is 0 Å². The number of anilines is 1. The molecule has 2 aromatic heterocycles. The Hall–Kier alpha value is -3.03. The van der Waals surface area contributed by atoms with E-state index in [1.165, 1.54) is 0 Å². The largest absolute Gasteiger partial charge is 0.490 e. The van der Waals surface area contributed by atoms with Gasteiger partial charge in [-0.3, -0.25) is 19.4 Å². The maximum absolute atomic E-state index is 12.4. The third-order valence-electron chi connectivity index (χ3n) is 5.05. The molecule has 180 valence electrons. The van der Waals surface area contributed by atoms with E-state index in [0.717, 1.165) is 24.3 Å². The van der Waals surface area contributed by atoms with Crippen LogP contribution in [-0.2, 0) is 32.7 Å². The van der Waals surface area contributed by atoms with Crippen LogP contribution >= 0.6 is 0 Å². The average molecular weight is 471 g/mol. The molecule has 0 radical (unpaired) electrons. The van der Waals surface area contributed by atoms with Gasteiger partial charge < -0.3 is 19.5 Å². The molecule has 1 spiro atoms. The van der Waals surface area contributed by atoms with Crippen molar-refractivity contribution in [2.45, 2.75) is 18.3 Å². The van der Waals surface area contributed by atoms with E-state index in [-0.39, 0.29) is 12.5 Å². The van der Waals surface area contributed by atoms with Gasteiger partial charge in [0.1, 0.15) is 12.2 Å². The number of hydrogen-bond donors (Lipinski definition) is 1. The zero-order valence-corrected chi connectivity index (χ0v) is 17.9. The van der Waals surface area contributed by atoms with Crippen molar-refractivity contribution < 1.29 is 37.3 Å². The van der Waals surface area contributed by atoms with E-state index in [1.807, 2.05) is 25.5 Å². The second-order valence-electron chi connectivity index (χ2n) is 7.75. The molecule has 0 aliphatic carbocycles. The summed E-state index contributed by atoms with van der Waals surface area (Å²) >= 11 is 0. The summed E-state index contributed by atoms with van der Waals surface area (Å²) in [4.78, 5) is 29.5. The minimum absolute atomic E-state index is 0.0494. The number of rotatable bonds is 3. The average Bonchev–Trinajstić information content (AvgIpc) is 3.10. The summed E-state index contributed by atoms with van der Waals surface area (Å²) in [6.45, 7) is 3.93. The van der Waals surface area contributed by atoms with Crippen LogP contribution < -0.4 is 4.90 Å². The smallest absolute Gasteiger partial charge is 0.475 e. The molecular formula is C20H24F3N5O5. The first-order valence-corrected chi connectivity index (χ1v) is 10.0. The summed E-state index contributed by atoms with van der Waals surface area (Å²) in [5.74, 6) is -2.81. The lowest BCUT2D eigenvalue weighted by molar-refractivity contribution is -0.192. The Morgan fingerprint density at radius 2 is 2.06 bits per heavy atom. The number of pyridine rings is 1. The van der Waals surface area contributed by atoms with E-state index in [4.69, 9.17) is 19.4 Å². The molecule has 0 aromatic carbocycles. The Kier molecular flexibility index (Phi) is 7.66. The molecule has 13 heteroatoms. The number of halogens is 3. The number of ether oxygens (including phenoxy) is 2. The quantitative estimate of drug-likeness (QED) is 0.709. The van der Waals surface area contributed by atoms with Gasteiger partial charge in [0, 0.05) is 45.3 Å². The molecule has 1 unspecified atom stereocenters. The number of hydrogen-bond acceptors (Lipinski definition) is 7. The molecule has 1 amide bonds. The van der Waals surface area contributed by atoms with Crippen LogP contribution in [0, 0.1) is 0 Å². The topological polar surface area (TPSA) is 110 Å². The molecule has 1 atom stereocenters. The third kappa shape index (κ3) is 6.73. The molecule has 0 bridgehead atoms. The SMILES string of the molecule is Cn1cc(N2CC3(COCCN(Cc4cccnc4)C3)OCC2=O)cn1.O=C(O)C(F)(F)F. The normalized spacial score (nSPS) is 21.9. The van der Waals surface area contributed by atoms with Crippen LogP contribution in [0.15, 0.2) is 36.9 Å². The third-order valence-corrected chi connectivity index (χ3v) is 5.05. The molecule has 2 aliphatic rings. The highest BCUT2D eigenvalue weighted by atomic mass is 19.4. The van der Waals surface area contributed by atoms with Crippen molar-refractivity contribution >= 4 is 17.6 Å². The first-order valence-electron chi connectivity index (χ1n) is 10.0. The summed E-state index contributed by atoms with van der Waals surface area (Å²) in [5, 5.41) is 11.3. The van der Waals surface area contributed by atoms with Crippen molar-refractivity contribution in [2.24, 2.45) is 7.05 Å². The minimum Gasteiger partial charge on any atom is -0.475 e. The van der Waals surface area contributed by atoms with E-state index in [1.54, 1.807) is 22.0 Å². The highest BCUT2D eigenvalue weighted by Gasteiger charge is 2.43. The van der Waals surface area contributed by atoms with E-state index >= 15 is 0 Å². The number of aromatic nitrogens is 3. The highest BCUT2D eigenvalue weighted by molar-refractivity contribution is 5.95. The standard InChI is InChI=1S/C18H23N5O3.C2HF3O2/c1-21-10-16(8-20-21)23-13-18(26-11-17(23)24)12-22(5-6-25-14-18)9-15-3-2-4-19-7-15;3-2(4,5)1(6)7/h2-4,7-8,10H,5-6,9,11-14H2,1H3;(H,6,7). The Balaban J connectivity index is 0.000000383. The van der Waals surface area contributed by atoms with Crippen molar-refractivity contribution in [1.82, 2.24) is 19.7 Å². The Morgan fingerprint density at radius 1 is 1.30 bits per heavy atom. The molecule has 2 fully saturated rings. The number of carbonyl (C=O) groups excluding carboxylic acids is 1. The fourth-order valence-electron chi connectivity index (χ4n) is 3.55. The summed E-state index contributed by atoms with van der Waals surface area (Å²) in [6, 6.07) is 4.01. The van der Waals surface area contributed by atoms with E-state index in [2.05, 4.69) is 21.0 Å². The number of carboxylic acids is 1. The molecule has 10 nitrogen and oxygen atoms in total. The van der Waals surface area contributed by atoms with Gasteiger partial charge >= 0.3 is 12.1 Å². The monoisotopic (exact) mass is 471 g/mol. The number of aliphatic carboxylic acids is 1. The lowest BCUT2D eigenvalue weighted by Gasteiger charge is -2.42. The van der Waals surface area contributed by atoms with Gasteiger partial charge in [0.2, 0.25) is 0 Å². The highest BCUT2D eigenvalue weighted by Crippen LogP contribution is 2.27. The molecule has 2 aliphatic heterocycles.